The molecule has 0 bridgehead atoms. The average molecular weight is 285 g/mol. The molecule has 6 nitrogen and oxygen atoms in total. The highest BCUT2D eigenvalue weighted by Gasteiger charge is 2.25. The van der Waals surface area contributed by atoms with Crippen molar-refractivity contribution in [1.82, 2.24) is 25.2 Å². The number of nitrogens with zero attached hydrogens (tertiary/aromatic N) is 4. The van der Waals surface area contributed by atoms with E-state index in [4.69, 9.17) is 0 Å². The topological polar surface area (TPSA) is 63.1 Å². The van der Waals surface area contributed by atoms with Crippen molar-refractivity contribution in [3.8, 4) is 5.69 Å². The van der Waals surface area contributed by atoms with Gasteiger partial charge >= 0.3 is 0 Å². The second kappa shape index (κ2) is 6.05. The fourth-order valence-electron chi connectivity index (χ4n) is 2.64. The Labute approximate surface area is 123 Å². The quantitative estimate of drug-likeness (QED) is 0.897. The molecule has 0 radical (unpaired) electrons. The van der Waals surface area contributed by atoms with Crippen LogP contribution in [0.4, 0.5) is 0 Å². The van der Waals surface area contributed by atoms with Gasteiger partial charge in [0.25, 0.3) is 5.91 Å². The lowest BCUT2D eigenvalue weighted by atomic mass is 10.1. The fourth-order valence-corrected chi connectivity index (χ4v) is 2.64. The Balaban J connectivity index is 1.94. The van der Waals surface area contributed by atoms with Crippen LogP contribution in [0.2, 0.25) is 0 Å². The van der Waals surface area contributed by atoms with Crippen LogP contribution >= 0.6 is 0 Å². The van der Waals surface area contributed by atoms with Crippen molar-refractivity contribution in [2.24, 2.45) is 0 Å². The van der Waals surface area contributed by atoms with E-state index in [2.05, 4.69) is 22.4 Å². The highest BCUT2D eigenvalue weighted by atomic mass is 16.2. The van der Waals surface area contributed by atoms with Gasteiger partial charge in [0, 0.05) is 19.1 Å². The van der Waals surface area contributed by atoms with Crippen LogP contribution < -0.4 is 5.32 Å². The van der Waals surface area contributed by atoms with Gasteiger partial charge in [0.05, 0.1) is 23.6 Å². The van der Waals surface area contributed by atoms with Crippen LogP contribution in [0.3, 0.4) is 0 Å². The van der Waals surface area contributed by atoms with E-state index in [0.29, 0.717) is 5.56 Å². The molecule has 0 aliphatic carbocycles. The monoisotopic (exact) mass is 285 g/mol. The zero-order chi connectivity index (χ0) is 14.7. The van der Waals surface area contributed by atoms with Crippen molar-refractivity contribution in [2.45, 2.75) is 19.4 Å². The third-order valence-corrected chi connectivity index (χ3v) is 3.83. The first-order valence-corrected chi connectivity index (χ1v) is 7.25. The van der Waals surface area contributed by atoms with Gasteiger partial charge in [-0.15, -0.1) is 0 Å². The van der Waals surface area contributed by atoms with E-state index in [1.165, 1.54) is 4.80 Å². The molecule has 1 N–H and O–H groups in total. The lowest BCUT2D eigenvalue weighted by Crippen LogP contribution is -2.40. The van der Waals surface area contributed by atoms with Gasteiger partial charge in [0.1, 0.15) is 0 Å². The Hall–Kier alpha value is -2.21. The van der Waals surface area contributed by atoms with E-state index in [9.17, 15) is 4.79 Å². The Kier molecular flexibility index (Phi) is 3.96. The number of carbonyl (C=O) groups is 1. The van der Waals surface area contributed by atoms with Gasteiger partial charge in [-0.1, -0.05) is 12.1 Å². The molecule has 21 heavy (non-hydrogen) atoms. The molecule has 2 aromatic rings. The van der Waals surface area contributed by atoms with Crippen LogP contribution in [0.15, 0.2) is 36.7 Å². The van der Waals surface area contributed by atoms with Crippen LogP contribution in [-0.2, 0) is 0 Å². The number of benzene rings is 1. The Morgan fingerprint density at radius 1 is 1.24 bits per heavy atom. The van der Waals surface area contributed by atoms with Crippen molar-refractivity contribution in [1.29, 1.82) is 0 Å². The van der Waals surface area contributed by atoms with E-state index < -0.39 is 0 Å². The summed E-state index contributed by atoms with van der Waals surface area (Å²) in [6.07, 6.45) is 4.19. The first kappa shape index (κ1) is 13.8. The third kappa shape index (κ3) is 2.80. The number of hydrogen-bond donors (Lipinski definition) is 1. The molecule has 0 saturated carbocycles. The summed E-state index contributed by atoms with van der Waals surface area (Å²) in [5.74, 6) is 0.0408. The van der Waals surface area contributed by atoms with Crippen molar-refractivity contribution >= 4 is 5.91 Å². The summed E-state index contributed by atoms with van der Waals surface area (Å²) in [5, 5.41) is 11.6. The lowest BCUT2D eigenvalue weighted by molar-refractivity contribution is 0.0704. The highest BCUT2D eigenvalue weighted by molar-refractivity contribution is 5.97. The molecule has 1 amide bonds. The lowest BCUT2D eigenvalue weighted by Gasteiger charge is -2.27. The van der Waals surface area contributed by atoms with Crippen LogP contribution in [0.25, 0.3) is 5.69 Å². The highest BCUT2D eigenvalue weighted by Crippen LogP contribution is 2.17. The molecule has 1 atom stereocenters. The summed E-state index contributed by atoms with van der Waals surface area (Å²) < 4.78 is 0. The predicted octanol–water partition coefficient (Wildman–Crippen LogP) is 1.09. The summed E-state index contributed by atoms with van der Waals surface area (Å²) in [6, 6.07) is 7.70. The molecule has 1 aromatic heterocycles. The third-order valence-electron chi connectivity index (χ3n) is 3.83. The van der Waals surface area contributed by atoms with E-state index in [1.54, 1.807) is 12.4 Å². The molecule has 1 aromatic carbocycles. The standard InChI is InChI=1S/C15H19N5O/c1-12-6-7-16-10-11-19(12)15(21)13-4-2-3-5-14(13)20-17-8-9-18-20/h2-5,8-9,12,16H,6-7,10-11H2,1H3/t12-/m0/s1. The molecule has 1 saturated heterocycles. The van der Waals surface area contributed by atoms with Crippen molar-refractivity contribution in [2.75, 3.05) is 19.6 Å². The second-order valence-electron chi connectivity index (χ2n) is 5.22. The molecule has 110 valence electrons. The smallest absolute Gasteiger partial charge is 0.256 e. The van der Waals surface area contributed by atoms with Gasteiger partial charge in [-0.05, 0) is 32.0 Å². The summed E-state index contributed by atoms with van der Waals surface area (Å²) >= 11 is 0. The Bertz CT molecular complexity index is 610. The van der Waals surface area contributed by atoms with Gasteiger partial charge in [-0.3, -0.25) is 4.79 Å². The molecule has 6 heteroatoms. The number of nitrogens with one attached hydrogen (secondary N) is 1. The summed E-state index contributed by atoms with van der Waals surface area (Å²) in [6.45, 7) is 4.60. The summed E-state index contributed by atoms with van der Waals surface area (Å²) in [4.78, 5) is 16.3. The molecule has 3 rings (SSSR count). The van der Waals surface area contributed by atoms with Crippen LogP contribution in [0.1, 0.15) is 23.7 Å². The first-order chi connectivity index (χ1) is 10.3. The van der Waals surface area contributed by atoms with Crippen LogP contribution in [-0.4, -0.2) is 51.5 Å². The maximum Gasteiger partial charge on any atom is 0.256 e. The van der Waals surface area contributed by atoms with E-state index >= 15 is 0 Å². The number of aromatic nitrogens is 3. The van der Waals surface area contributed by atoms with Gasteiger partial charge in [-0.25, -0.2) is 0 Å². The molecular formula is C15H19N5O. The predicted molar refractivity (Wildman–Crippen MR) is 79.3 cm³/mol. The molecular weight excluding hydrogens is 266 g/mol. The molecule has 1 aliphatic rings. The zero-order valence-corrected chi connectivity index (χ0v) is 12.1. The average Bonchev–Trinajstić information content (AvgIpc) is 2.96. The minimum atomic E-state index is 0.0408. The van der Waals surface area contributed by atoms with Crippen molar-refractivity contribution in [3.05, 3.63) is 42.2 Å². The van der Waals surface area contributed by atoms with Crippen LogP contribution in [0.5, 0.6) is 0 Å². The number of carbonyl (C=O) groups excluding carboxylic acids is 1. The molecule has 0 unspecified atom stereocenters. The summed E-state index contributed by atoms with van der Waals surface area (Å²) in [7, 11) is 0. The maximum absolute atomic E-state index is 12.9. The Morgan fingerprint density at radius 2 is 2.00 bits per heavy atom. The first-order valence-electron chi connectivity index (χ1n) is 7.25. The van der Waals surface area contributed by atoms with Gasteiger partial charge in [0.15, 0.2) is 0 Å². The van der Waals surface area contributed by atoms with E-state index in [1.807, 2.05) is 29.2 Å². The van der Waals surface area contributed by atoms with Gasteiger partial charge in [-0.2, -0.15) is 15.0 Å². The fraction of sp³-hybridized carbons (Fsp3) is 0.400. The number of rotatable bonds is 2. The van der Waals surface area contributed by atoms with Crippen LogP contribution in [0, 0.1) is 0 Å². The second-order valence-corrected chi connectivity index (χ2v) is 5.22. The minimum Gasteiger partial charge on any atom is -0.335 e. The molecule has 2 heterocycles. The number of hydrogen-bond acceptors (Lipinski definition) is 4. The molecule has 1 fully saturated rings. The molecule has 1 aliphatic heterocycles. The molecule has 0 spiro atoms. The number of amides is 1. The Morgan fingerprint density at radius 3 is 2.81 bits per heavy atom. The van der Waals surface area contributed by atoms with E-state index in [-0.39, 0.29) is 11.9 Å². The van der Waals surface area contributed by atoms with E-state index in [0.717, 1.165) is 31.7 Å². The van der Waals surface area contributed by atoms with Crippen molar-refractivity contribution < 1.29 is 4.79 Å². The largest absolute Gasteiger partial charge is 0.335 e. The minimum absolute atomic E-state index is 0.0408. The van der Waals surface area contributed by atoms with Gasteiger partial charge < -0.3 is 10.2 Å². The normalized spacial score (nSPS) is 19.3. The number of para-hydroxylation sites is 1. The maximum atomic E-state index is 12.9. The zero-order valence-electron chi connectivity index (χ0n) is 12.1. The van der Waals surface area contributed by atoms with Gasteiger partial charge in [0.2, 0.25) is 0 Å². The van der Waals surface area contributed by atoms with Crippen molar-refractivity contribution in [3.63, 3.8) is 0 Å². The summed E-state index contributed by atoms with van der Waals surface area (Å²) in [5.41, 5.74) is 1.36. The SMILES string of the molecule is C[C@H]1CCNCCN1C(=O)c1ccccc1-n1nccn1.